The topological polar surface area (TPSA) is 89.8 Å². The van der Waals surface area contributed by atoms with Crippen molar-refractivity contribution in [3.63, 3.8) is 0 Å². The molecule has 0 aliphatic heterocycles. The average Bonchev–Trinajstić information content (AvgIpc) is 3.06. The first-order chi connectivity index (χ1) is 22.6. The predicted octanol–water partition coefficient (Wildman–Crippen LogP) is 11.0. The number of nitrogens with one attached hydrogen (secondary N) is 1. The molecule has 0 aromatic rings. The third kappa shape index (κ3) is 31.4. The van der Waals surface area contributed by atoms with Crippen LogP contribution in [0.25, 0.3) is 0 Å². The van der Waals surface area contributed by atoms with Gasteiger partial charge < -0.3 is 20.6 Å². The van der Waals surface area contributed by atoms with E-state index in [0.29, 0.717) is 12.8 Å². The molecule has 0 spiro atoms. The predicted molar refractivity (Wildman–Crippen MR) is 199 cm³/mol. The first-order valence-electron chi connectivity index (χ1n) is 20.2. The maximum Gasteiger partial charge on any atom is 0.249 e. The van der Waals surface area contributed by atoms with Crippen LogP contribution in [0, 0.1) is 0 Å². The van der Waals surface area contributed by atoms with Gasteiger partial charge in [-0.15, -0.1) is 0 Å². The van der Waals surface area contributed by atoms with Gasteiger partial charge in [0.1, 0.15) is 6.10 Å². The minimum Gasteiger partial charge on any atom is -0.394 e. The fraction of sp³-hybridized carbons (Fsp3) is 0.878. The molecule has 272 valence electrons. The van der Waals surface area contributed by atoms with Crippen molar-refractivity contribution in [3.05, 3.63) is 24.3 Å². The van der Waals surface area contributed by atoms with Gasteiger partial charge in [0.05, 0.1) is 18.8 Å². The zero-order valence-corrected chi connectivity index (χ0v) is 30.7. The highest BCUT2D eigenvalue weighted by Crippen LogP contribution is 2.15. The summed E-state index contributed by atoms with van der Waals surface area (Å²) >= 11 is 0. The van der Waals surface area contributed by atoms with Crippen molar-refractivity contribution in [3.8, 4) is 0 Å². The summed E-state index contributed by atoms with van der Waals surface area (Å²) in [5.41, 5.74) is 0. The molecule has 5 nitrogen and oxygen atoms in total. The zero-order chi connectivity index (χ0) is 33.8. The summed E-state index contributed by atoms with van der Waals surface area (Å²) in [6.45, 7) is 4.19. The second-order valence-electron chi connectivity index (χ2n) is 13.9. The first-order valence-corrected chi connectivity index (χ1v) is 20.2. The average molecular weight is 650 g/mol. The monoisotopic (exact) mass is 650 g/mol. The molecular formula is C41H79NO4. The smallest absolute Gasteiger partial charge is 0.249 e. The molecular weight excluding hydrogens is 570 g/mol. The summed E-state index contributed by atoms with van der Waals surface area (Å²) < 4.78 is 0. The van der Waals surface area contributed by atoms with E-state index in [1.54, 1.807) is 0 Å². The van der Waals surface area contributed by atoms with Crippen LogP contribution in [0.2, 0.25) is 0 Å². The standard InChI is InChI=1S/C41H79NO4/c1-3-5-7-9-11-13-15-17-19-20-21-22-24-26-28-30-32-34-36-40(45)41(46)42-38(37-43)39(44)35-33-31-29-27-25-23-18-16-14-12-10-8-6-4-2/h11,13,15,17,38-40,43-45H,3-10,12,14,16,18-37H2,1-2H3,(H,42,46)/b13-11-,17-15-. The Morgan fingerprint density at radius 2 is 0.870 bits per heavy atom. The van der Waals surface area contributed by atoms with Crippen LogP contribution in [-0.4, -0.2) is 46.1 Å². The number of carbonyl (C=O) groups excluding carboxylic acids is 1. The second kappa shape index (κ2) is 36.7. The largest absolute Gasteiger partial charge is 0.394 e. The van der Waals surface area contributed by atoms with E-state index in [1.165, 1.54) is 148 Å². The highest BCUT2D eigenvalue weighted by atomic mass is 16.3. The summed E-state index contributed by atoms with van der Waals surface area (Å²) in [6.07, 6.45) is 43.0. The highest BCUT2D eigenvalue weighted by molar-refractivity contribution is 5.80. The van der Waals surface area contributed by atoms with Gasteiger partial charge in [0.2, 0.25) is 5.91 Å². The van der Waals surface area contributed by atoms with E-state index in [4.69, 9.17) is 0 Å². The van der Waals surface area contributed by atoms with Crippen molar-refractivity contribution in [1.29, 1.82) is 0 Å². The van der Waals surface area contributed by atoms with Crippen LogP contribution in [0.3, 0.4) is 0 Å². The number of hydrogen-bond acceptors (Lipinski definition) is 4. The normalized spacial score (nSPS) is 13.9. The molecule has 46 heavy (non-hydrogen) atoms. The fourth-order valence-corrected chi connectivity index (χ4v) is 6.12. The molecule has 0 radical (unpaired) electrons. The number of hydrogen-bond donors (Lipinski definition) is 4. The van der Waals surface area contributed by atoms with Crippen molar-refractivity contribution >= 4 is 5.91 Å². The zero-order valence-electron chi connectivity index (χ0n) is 30.7. The molecule has 0 saturated carbocycles. The van der Waals surface area contributed by atoms with Crippen molar-refractivity contribution < 1.29 is 20.1 Å². The number of aliphatic hydroxyl groups is 3. The van der Waals surface area contributed by atoms with Gasteiger partial charge in [-0.2, -0.15) is 0 Å². The third-order valence-electron chi connectivity index (χ3n) is 9.35. The van der Waals surface area contributed by atoms with Crippen LogP contribution in [0.15, 0.2) is 24.3 Å². The molecule has 0 rings (SSSR count). The number of rotatable bonds is 36. The molecule has 0 saturated heterocycles. The van der Waals surface area contributed by atoms with E-state index in [9.17, 15) is 20.1 Å². The van der Waals surface area contributed by atoms with Gasteiger partial charge in [-0.3, -0.25) is 4.79 Å². The molecule has 0 heterocycles. The van der Waals surface area contributed by atoms with Crippen LogP contribution in [-0.2, 0) is 4.79 Å². The van der Waals surface area contributed by atoms with Gasteiger partial charge in [-0.1, -0.05) is 192 Å². The minimum atomic E-state index is -1.08. The molecule has 0 aliphatic carbocycles. The van der Waals surface area contributed by atoms with E-state index in [0.717, 1.165) is 32.1 Å². The molecule has 0 bridgehead atoms. The minimum absolute atomic E-state index is 0.314. The molecule has 4 N–H and O–H groups in total. The number of carbonyl (C=O) groups is 1. The quantitative estimate of drug-likeness (QED) is 0.0401. The third-order valence-corrected chi connectivity index (χ3v) is 9.35. The van der Waals surface area contributed by atoms with Gasteiger partial charge in [0.15, 0.2) is 0 Å². The SMILES string of the molecule is CCCCC/C=C\C=C/CCCCCCCCCCCC(O)C(=O)NC(CO)C(O)CCCCCCCCCCCCCCCC. The van der Waals surface area contributed by atoms with Crippen LogP contribution >= 0.6 is 0 Å². The number of amides is 1. The molecule has 0 aliphatic rings. The van der Waals surface area contributed by atoms with Crippen molar-refractivity contribution in [1.82, 2.24) is 5.32 Å². The Morgan fingerprint density at radius 1 is 0.522 bits per heavy atom. The van der Waals surface area contributed by atoms with Gasteiger partial charge in [0.25, 0.3) is 0 Å². The molecule has 0 fully saturated rings. The molecule has 1 amide bonds. The summed E-state index contributed by atoms with van der Waals surface area (Å²) in [5.74, 6) is -0.475. The lowest BCUT2D eigenvalue weighted by Gasteiger charge is -2.23. The Hall–Kier alpha value is -1.17. The molecule has 3 atom stereocenters. The van der Waals surface area contributed by atoms with Crippen molar-refractivity contribution in [2.45, 2.75) is 225 Å². The Morgan fingerprint density at radius 3 is 1.30 bits per heavy atom. The lowest BCUT2D eigenvalue weighted by molar-refractivity contribution is -0.131. The van der Waals surface area contributed by atoms with Crippen LogP contribution in [0.4, 0.5) is 0 Å². The van der Waals surface area contributed by atoms with Gasteiger partial charge in [-0.25, -0.2) is 0 Å². The van der Waals surface area contributed by atoms with Crippen molar-refractivity contribution in [2.24, 2.45) is 0 Å². The molecule has 0 aromatic heterocycles. The van der Waals surface area contributed by atoms with Crippen LogP contribution < -0.4 is 5.32 Å². The van der Waals surface area contributed by atoms with E-state index in [-0.39, 0.29) is 6.61 Å². The van der Waals surface area contributed by atoms with E-state index in [1.807, 2.05) is 0 Å². The van der Waals surface area contributed by atoms with E-state index in [2.05, 4.69) is 43.5 Å². The highest BCUT2D eigenvalue weighted by Gasteiger charge is 2.23. The Bertz CT molecular complexity index is 679. The number of aliphatic hydroxyl groups excluding tert-OH is 3. The Balaban J connectivity index is 3.66. The van der Waals surface area contributed by atoms with Gasteiger partial charge >= 0.3 is 0 Å². The maximum absolute atomic E-state index is 12.4. The molecule has 5 heteroatoms. The molecule has 3 unspecified atom stereocenters. The Kier molecular flexibility index (Phi) is 35.7. The van der Waals surface area contributed by atoms with Crippen LogP contribution in [0.1, 0.15) is 206 Å². The second-order valence-corrected chi connectivity index (χ2v) is 13.9. The first kappa shape index (κ1) is 44.8. The summed E-state index contributed by atoms with van der Waals surface area (Å²) in [4.78, 5) is 12.4. The summed E-state index contributed by atoms with van der Waals surface area (Å²) in [5, 5.41) is 33.2. The van der Waals surface area contributed by atoms with Gasteiger partial charge in [-0.05, 0) is 38.5 Å². The van der Waals surface area contributed by atoms with Crippen LogP contribution in [0.5, 0.6) is 0 Å². The fourth-order valence-electron chi connectivity index (χ4n) is 6.12. The van der Waals surface area contributed by atoms with Crippen molar-refractivity contribution in [2.75, 3.05) is 6.61 Å². The summed E-state index contributed by atoms with van der Waals surface area (Å²) in [7, 11) is 0. The summed E-state index contributed by atoms with van der Waals surface area (Å²) in [6, 6.07) is -0.711. The lowest BCUT2D eigenvalue weighted by atomic mass is 10.0. The maximum atomic E-state index is 12.4. The lowest BCUT2D eigenvalue weighted by Crippen LogP contribution is -2.49. The Labute approximate surface area is 286 Å². The number of allylic oxidation sites excluding steroid dienone is 4. The van der Waals surface area contributed by atoms with E-state index >= 15 is 0 Å². The van der Waals surface area contributed by atoms with Gasteiger partial charge in [0, 0.05) is 0 Å². The molecule has 0 aromatic carbocycles. The number of unbranched alkanes of at least 4 members (excludes halogenated alkanes) is 25. The van der Waals surface area contributed by atoms with E-state index < -0.39 is 24.2 Å².